The van der Waals surface area contributed by atoms with E-state index in [9.17, 15) is 13.2 Å². The second-order valence-corrected chi connectivity index (χ2v) is 7.16. The van der Waals surface area contributed by atoms with Crippen LogP contribution in [0, 0.1) is 12.8 Å². The van der Waals surface area contributed by atoms with Gasteiger partial charge in [0.15, 0.2) is 9.84 Å². The first-order chi connectivity index (χ1) is 8.38. The fourth-order valence-electron chi connectivity index (χ4n) is 2.40. The van der Waals surface area contributed by atoms with Gasteiger partial charge in [-0.05, 0) is 12.5 Å². The molecule has 0 amide bonds. The molecule has 1 aliphatic carbocycles. The topological polar surface area (TPSA) is 71.4 Å². The minimum Gasteiger partial charge on any atom is -0.481 e. The first-order valence-electron chi connectivity index (χ1n) is 5.89. The predicted molar refractivity (Wildman–Crippen MR) is 68.3 cm³/mol. The molecule has 0 unspecified atom stereocenters. The molecule has 0 heterocycles. The van der Waals surface area contributed by atoms with Crippen LogP contribution < -0.4 is 0 Å². The molecular formula is C13H16O4S. The van der Waals surface area contributed by atoms with Gasteiger partial charge in [-0.1, -0.05) is 36.8 Å². The maximum Gasteiger partial charge on any atom is 0.308 e. The number of aliphatic carboxylic acids is 1. The highest BCUT2D eigenvalue weighted by molar-refractivity contribution is 7.92. The van der Waals surface area contributed by atoms with Gasteiger partial charge in [-0.25, -0.2) is 8.42 Å². The van der Waals surface area contributed by atoms with E-state index < -0.39 is 32.9 Å². The third-order valence-corrected chi connectivity index (χ3v) is 5.74. The summed E-state index contributed by atoms with van der Waals surface area (Å²) in [4.78, 5) is 11.1. The Kier molecular flexibility index (Phi) is 3.19. The lowest BCUT2D eigenvalue weighted by Crippen LogP contribution is -2.14. The zero-order valence-corrected chi connectivity index (χ0v) is 11.1. The second-order valence-electron chi connectivity index (χ2n) is 4.72. The standard InChI is InChI=1S/C13H16O4S/c1-3-18(16,17)12-10(11(12)13(14)15)9-6-4-8(2)5-7-9/h4-7,10-12H,3H2,1-2H3,(H,14,15)/t10-,11-,12+/m0/s1. The third kappa shape index (κ3) is 2.14. The SMILES string of the molecule is CCS(=O)(=O)[C@H]1[C@@H](C(=O)O)[C@@H]1c1ccc(C)cc1. The summed E-state index contributed by atoms with van der Waals surface area (Å²) >= 11 is 0. The van der Waals surface area contributed by atoms with Gasteiger partial charge in [0.25, 0.3) is 0 Å². The van der Waals surface area contributed by atoms with Crippen molar-refractivity contribution in [3.05, 3.63) is 35.4 Å². The monoisotopic (exact) mass is 268 g/mol. The smallest absolute Gasteiger partial charge is 0.308 e. The summed E-state index contributed by atoms with van der Waals surface area (Å²) in [6.07, 6.45) is 0. The molecule has 1 fully saturated rings. The molecule has 3 atom stereocenters. The first-order valence-corrected chi connectivity index (χ1v) is 7.61. The lowest BCUT2D eigenvalue weighted by Gasteiger charge is -2.01. The van der Waals surface area contributed by atoms with Crippen molar-refractivity contribution < 1.29 is 18.3 Å². The Morgan fingerprint density at radius 2 is 1.83 bits per heavy atom. The number of carbonyl (C=O) groups is 1. The van der Waals surface area contributed by atoms with E-state index in [-0.39, 0.29) is 5.75 Å². The highest BCUT2D eigenvalue weighted by atomic mass is 32.2. The molecule has 0 radical (unpaired) electrons. The van der Waals surface area contributed by atoms with Crippen molar-refractivity contribution in [2.24, 2.45) is 5.92 Å². The Bertz CT molecular complexity index is 559. The van der Waals surface area contributed by atoms with Gasteiger partial charge < -0.3 is 5.11 Å². The summed E-state index contributed by atoms with van der Waals surface area (Å²) < 4.78 is 23.7. The third-order valence-electron chi connectivity index (χ3n) is 3.52. The molecular weight excluding hydrogens is 252 g/mol. The molecule has 0 saturated heterocycles. The minimum absolute atomic E-state index is 0.0101. The van der Waals surface area contributed by atoms with E-state index in [1.54, 1.807) is 6.92 Å². The highest BCUT2D eigenvalue weighted by Gasteiger charge is 2.62. The van der Waals surface area contributed by atoms with Crippen LogP contribution in [0.1, 0.15) is 24.0 Å². The largest absolute Gasteiger partial charge is 0.481 e. The molecule has 2 rings (SSSR count). The second kappa shape index (κ2) is 4.39. The summed E-state index contributed by atoms with van der Waals surface area (Å²) in [7, 11) is -3.31. The Morgan fingerprint density at radius 3 is 2.28 bits per heavy atom. The van der Waals surface area contributed by atoms with Crippen LogP contribution in [0.15, 0.2) is 24.3 Å². The molecule has 1 saturated carbocycles. The average Bonchev–Trinajstić information content (AvgIpc) is 3.06. The fourth-order valence-corrected chi connectivity index (χ4v) is 4.20. The molecule has 1 aromatic rings. The van der Waals surface area contributed by atoms with Gasteiger partial charge in [0.1, 0.15) is 0 Å². The summed E-state index contributed by atoms with van der Waals surface area (Å²) in [5.41, 5.74) is 1.87. The average molecular weight is 268 g/mol. The predicted octanol–water partition coefficient (Wildman–Crippen LogP) is 1.60. The summed E-state index contributed by atoms with van der Waals surface area (Å²) in [6, 6.07) is 7.40. The number of hydrogen-bond acceptors (Lipinski definition) is 3. The van der Waals surface area contributed by atoms with Gasteiger partial charge in [0.2, 0.25) is 0 Å². The molecule has 0 bridgehead atoms. The molecule has 18 heavy (non-hydrogen) atoms. The minimum atomic E-state index is -3.31. The van der Waals surface area contributed by atoms with E-state index in [2.05, 4.69) is 0 Å². The number of carboxylic acids is 1. The Labute approximate surface area is 107 Å². The summed E-state index contributed by atoms with van der Waals surface area (Å²) in [5.74, 6) is -2.22. The van der Waals surface area contributed by atoms with E-state index in [4.69, 9.17) is 5.11 Å². The summed E-state index contributed by atoms with van der Waals surface area (Å²) in [6.45, 7) is 3.49. The van der Waals surface area contributed by atoms with E-state index in [0.29, 0.717) is 0 Å². The zero-order valence-electron chi connectivity index (χ0n) is 10.3. The fraction of sp³-hybridized carbons (Fsp3) is 0.462. The highest BCUT2D eigenvalue weighted by Crippen LogP contribution is 2.52. The van der Waals surface area contributed by atoms with Crippen LogP contribution in [0.3, 0.4) is 0 Å². The van der Waals surface area contributed by atoms with E-state index in [0.717, 1.165) is 11.1 Å². The van der Waals surface area contributed by atoms with Crippen molar-refractivity contribution in [2.45, 2.75) is 25.0 Å². The van der Waals surface area contributed by atoms with Crippen LogP contribution >= 0.6 is 0 Å². The van der Waals surface area contributed by atoms with Gasteiger partial charge in [-0.2, -0.15) is 0 Å². The molecule has 0 spiro atoms. The quantitative estimate of drug-likeness (QED) is 0.900. The lowest BCUT2D eigenvalue weighted by molar-refractivity contribution is -0.138. The van der Waals surface area contributed by atoms with Gasteiger partial charge >= 0.3 is 5.97 Å². The molecule has 98 valence electrons. The van der Waals surface area contributed by atoms with Crippen molar-refractivity contribution in [3.8, 4) is 0 Å². The number of rotatable bonds is 4. The van der Waals surface area contributed by atoms with Crippen LogP contribution in [0.5, 0.6) is 0 Å². The van der Waals surface area contributed by atoms with E-state index >= 15 is 0 Å². The van der Waals surface area contributed by atoms with Crippen molar-refractivity contribution >= 4 is 15.8 Å². The van der Waals surface area contributed by atoms with Crippen molar-refractivity contribution in [1.29, 1.82) is 0 Å². The molecule has 0 aliphatic heterocycles. The van der Waals surface area contributed by atoms with E-state index in [1.807, 2.05) is 31.2 Å². The van der Waals surface area contributed by atoms with Crippen LogP contribution in [0.4, 0.5) is 0 Å². The van der Waals surface area contributed by atoms with Crippen LogP contribution in [0.25, 0.3) is 0 Å². The number of hydrogen-bond donors (Lipinski definition) is 1. The van der Waals surface area contributed by atoms with Crippen LogP contribution in [-0.4, -0.2) is 30.5 Å². The molecule has 5 heteroatoms. The first kappa shape index (κ1) is 13.1. The van der Waals surface area contributed by atoms with Crippen molar-refractivity contribution in [1.82, 2.24) is 0 Å². The van der Waals surface area contributed by atoms with Gasteiger partial charge in [-0.3, -0.25) is 4.79 Å². The van der Waals surface area contributed by atoms with Crippen molar-refractivity contribution in [3.63, 3.8) is 0 Å². The van der Waals surface area contributed by atoms with E-state index in [1.165, 1.54) is 0 Å². The van der Waals surface area contributed by atoms with Crippen molar-refractivity contribution in [2.75, 3.05) is 5.75 Å². The maximum atomic E-state index is 11.9. The summed E-state index contributed by atoms with van der Waals surface area (Å²) in [5, 5.41) is 8.34. The molecule has 1 N–H and O–H groups in total. The molecule has 1 aromatic carbocycles. The number of sulfone groups is 1. The molecule has 0 aromatic heterocycles. The van der Waals surface area contributed by atoms with Gasteiger partial charge in [-0.15, -0.1) is 0 Å². The Balaban J connectivity index is 2.33. The Morgan fingerprint density at radius 1 is 1.28 bits per heavy atom. The molecule has 1 aliphatic rings. The Hall–Kier alpha value is -1.36. The zero-order chi connectivity index (χ0) is 13.5. The van der Waals surface area contributed by atoms with Crippen LogP contribution in [-0.2, 0) is 14.6 Å². The normalized spacial score (nSPS) is 26.9. The van der Waals surface area contributed by atoms with Gasteiger partial charge in [0.05, 0.1) is 11.2 Å². The number of aryl methyl sites for hydroxylation is 1. The number of carboxylic acid groups (broad SMARTS) is 1. The number of benzene rings is 1. The van der Waals surface area contributed by atoms with Crippen LogP contribution in [0.2, 0.25) is 0 Å². The molecule has 4 nitrogen and oxygen atoms in total. The van der Waals surface area contributed by atoms with Gasteiger partial charge in [0, 0.05) is 11.7 Å². The lowest BCUT2D eigenvalue weighted by atomic mass is 10.1. The maximum absolute atomic E-state index is 11.9.